The van der Waals surface area contributed by atoms with Gasteiger partial charge in [0, 0.05) is 49.2 Å². The van der Waals surface area contributed by atoms with Gasteiger partial charge in [-0.25, -0.2) is 4.79 Å². The summed E-state index contributed by atoms with van der Waals surface area (Å²) in [6, 6.07) is 20.3. The summed E-state index contributed by atoms with van der Waals surface area (Å²) in [4.78, 5) is 27.4. The number of piperidine rings is 1. The Hall–Kier alpha value is -3.64. The number of hydrogen-bond donors (Lipinski definition) is 1. The molecule has 0 spiro atoms. The van der Waals surface area contributed by atoms with E-state index in [2.05, 4.69) is 4.90 Å². The van der Waals surface area contributed by atoms with Crippen LogP contribution in [0.4, 0.5) is 0 Å². The van der Waals surface area contributed by atoms with Crippen molar-refractivity contribution in [3.05, 3.63) is 98.8 Å². The second kappa shape index (κ2) is 7.74. The van der Waals surface area contributed by atoms with Gasteiger partial charge in [-0.05, 0) is 42.2 Å². The van der Waals surface area contributed by atoms with Crippen LogP contribution in [-0.2, 0) is 13.1 Å². The van der Waals surface area contributed by atoms with Gasteiger partial charge in [-0.3, -0.25) is 9.69 Å². The van der Waals surface area contributed by atoms with Crippen molar-refractivity contribution in [1.82, 2.24) is 9.47 Å². The van der Waals surface area contributed by atoms with Crippen molar-refractivity contribution in [2.45, 2.75) is 25.4 Å². The first kappa shape index (κ1) is 20.0. The maximum absolute atomic E-state index is 12.8. The maximum Gasteiger partial charge on any atom is 0.344 e. The highest BCUT2D eigenvalue weighted by molar-refractivity contribution is 5.85. The fraction of sp³-hybridized carbons (Fsp3) is 0.259. The first-order valence-electron chi connectivity index (χ1n) is 11.3. The summed E-state index contributed by atoms with van der Waals surface area (Å²) < 4.78 is 7.69. The summed E-state index contributed by atoms with van der Waals surface area (Å²) in [6.07, 6.45) is 1.07. The lowest BCUT2D eigenvalue weighted by molar-refractivity contribution is 0.113. The largest absolute Gasteiger partial charge is 0.507 e. The van der Waals surface area contributed by atoms with E-state index in [-0.39, 0.29) is 17.2 Å². The molecule has 2 aliphatic rings. The number of likely N-dealkylation sites (tertiary alicyclic amines) is 1. The normalized spacial score (nSPS) is 20.0. The van der Waals surface area contributed by atoms with E-state index >= 15 is 0 Å². The number of aromatic nitrogens is 1. The minimum atomic E-state index is -0.413. The van der Waals surface area contributed by atoms with Crippen LogP contribution in [0.1, 0.15) is 23.6 Å². The topological polar surface area (TPSA) is 75.7 Å². The molecule has 1 fully saturated rings. The van der Waals surface area contributed by atoms with Crippen molar-refractivity contribution >= 4 is 11.0 Å². The van der Waals surface area contributed by atoms with Gasteiger partial charge in [0.2, 0.25) is 0 Å². The zero-order chi connectivity index (χ0) is 22.5. The van der Waals surface area contributed by atoms with Crippen LogP contribution in [0, 0.1) is 5.92 Å². The number of pyridine rings is 1. The molecule has 0 amide bonds. The number of nitrogens with zero attached hydrogens (tertiary/aromatic N) is 2. The summed E-state index contributed by atoms with van der Waals surface area (Å²) in [7, 11) is 0. The number of benzene rings is 2. The molecule has 4 aromatic rings. The summed E-state index contributed by atoms with van der Waals surface area (Å²) in [5.74, 6) is 0.788. The fourth-order valence-corrected chi connectivity index (χ4v) is 5.55. The molecule has 0 saturated carbocycles. The molecule has 0 radical (unpaired) electrons. The van der Waals surface area contributed by atoms with Gasteiger partial charge >= 0.3 is 5.63 Å². The molecule has 2 aromatic carbocycles. The van der Waals surface area contributed by atoms with Gasteiger partial charge in [-0.15, -0.1) is 0 Å². The summed E-state index contributed by atoms with van der Waals surface area (Å²) >= 11 is 0. The van der Waals surface area contributed by atoms with E-state index in [0.29, 0.717) is 29.2 Å². The monoisotopic (exact) mass is 440 g/mol. The van der Waals surface area contributed by atoms with E-state index in [1.807, 2.05) is 53.1 Å². The van der Waals surface area contributed by atoms with Crippen LogP contribution < -0.4 is 11.2 Å². The van der Waals surface area contributed by atoms with Crippen molar-refractivity contribution in [2.24, 2.45) is 5.92 Å². The van der Waals surface area contributed by atoms with Gasteiger partial charge in [-0.2, -0.15) is 0 Å². The summed E-state index contributed by atoms with van der Waals surface area (Å²) in [6.45, 7) is 2.83. The predicted octanol–water partition coefficient (Wildman–Crippen LogP) is 3.95. The Morgan fingerprint density at radius 2 is 1.79 bits per heavy atom. The van der Waals surface area contributed by atoms with Crippen LogP contribution in [0.5, 0.6) is 5.75 Å². The molecule has 0 unspecified atom stereocenters. The molecule has 6 rings (SSSR count). The predicted molar refractivity (Wildman–Crippen MR) is 126 cm³/mol. The third-order valence-corrected chi connectivity index (χ3v) is 7.00. The van der Waals surface area contributed by atoms with Gasteiger partial charge in [0.05, 0.1) is 11.1 Å². The zero-order valence-corrected chi connectivity index (χ0v) is 18.1. The quantitative estimate of drug-likeness (QED) is 0.489. The number of phenolic OH excluding ortho intramolecular Hbond substituents is 1. The van der Waals surface area contributed by atoms with Gasteiger partial charge in [0.25, 0.3) is 5.56 Å². The Morgan fingerprint density at radius 3 is 2.64 bits per heavy atom. The molecule has 33 heavy (non-hydrogen) atoms. The van der Waals surface area contributed by atoms with E-state index in [1.54, 1.807) is 18.2 Å². The maximum atomic E-state index is 12.8. The van der Waals surface area contributed by atoms with Gasteiger partial charge < -0.3 is 14.1 Å². The molecule has 2 aliphatic heterocycles. The van der Waals surface area contributed by atoms with Crippen LogP contribution in [0.3, 0.4) is 0 Å². The third kappa shape index (κ3) is 3.47. The summed E-state index contributed by atoms with van der Waals surface area (Å²) in [5, 5.41) is 11.5. The average Bonchev–Trinajstić information content (AvgIpc) is 2.82. The average molecular weight is 440 g/mol. The van der Waals surface area contributed by atoms with Gasteiger partial charge in [0.15, 0.2) is 0 Å². The number of hydrogen-bond acceptors (Lipinski definition) is 5. The van der Waals surface area contributed by atoms with Crippen LogP contribution in [0.15, 0.2) is 80.7 Å². The Kier molecular flexibility index (Phi) is 4.69. The van der Waals surface area contributed by atoms with Crippen molar-refractivity contribution in [3.63, 3.8) is 0 Å². The molecule has 6 nitrogen and oxygen atoms in total. The van der Waals surface area contributed by atoms with E-state index < -0.39 is 5.63 Å². The smallest absolute Gasteiger partial charge is 0.344 e. The Bertz CT molecular complexity index is 1470. The first-order chi connectivity index (χ1) is 16.1. The van der Waals surface area contributed by atoms with Crippen LogP contribution in [-0.4, -0.2) is 27.7 Å². The van der Waals surface area contributed by atoms with E-state index in [9.17, 15) is 14.7 Å². The molecule has 4 heterocycles. The molecular weight excluding hydrogens is 416 g/mol. The molecule has 6 heteroatoms. The fourth-order valence-electron chi connectivity index (χ4n) is 5.55. The van der Waals surface area contributed by atoms with Crippen molar-refractivity contribution in [2.75, 3.05) is 13.1 Å². The third-order valence-electron chi connectivity index (χ3n) is 7.00. The number of fused-ring (bicyclic) bond motifs is 5. The van der Waals surface area contributed by atoms with Gasteiger partial charge in [0.1, 0.15) is 11.3 Å². The molecule has 2 bridgehead atoms. The lowest BCUT2D eigenvalue weighted by Gasteiger charge is -2.42. The van der Waals surface area contributed by atoms with E-state index in [4.69, 9.17) is 4.42 Å². The zero-order valence-electron chi connectivity index (χ0n) is 18.1. The molecular formula is C27H24N2O4. The lowest BCUT2D eigenvalue weighted by Crippen LogP contribution is -2.46. The van der Waals surface area contributed by atoms with Crippen molar-refractivity contribution in [1.29, 1.82) is 0 Å². The molecule has 2 atom stereocenters. The van der Waals surface area contributed by atoms with E-state index in [0.717, 1.165) is 42.7 Å². The highest BCUT2D eigenvalue weighted by Crippen LogP contribution is 2.37. The number of aromatic hydroxyl groups is 1. The Morgan fingerprint density at radius 1 is 0.939 bits per heavy atom. The molecule has 2 aromatic heterocycles. The van der Waals surface area contributed by atoms with Gasteiger partial charge in [-0.1, -0.05) is 36.4 Å². The second-order valence-corrected chi connectivity index (χ2v) is 9.19. The lowest BCUT2D eigenvalue weighted by atomic mass is 9.83. The number of phenols is 1. The van der Waals surface area contributed by atoms with E-state index in [1.165, 1.54) is 0 Å². The Labute approximate surface area is 190 Å². The summed E-state index contributed by atoms with van der Waals surface area (Å²) in [5.41, 5.74) is 3.13. The minimum absolute atomic E-state index is 0.0679. The second-order valence-electron chi connectivity index (χ2n) is 9.19. The van der Waals surface area contributed by atoms with Crippen LogP contribution in [0.2, 0.25) is 0 Å². The minimum Gasteiger partial charge on any atom is -0.507 e. The Balaban J connectivity index is 1.36. The SMILES string of the molecule is O=c1oc2c(CN3C[C@@H]4C[C@@H](C3)c3cccc(=O)n3C4)c(O)ccc2cc1-c1ccccc1. The highest BCUT2D eigenvalue weighted by Gasteiger charge is 2.35. The molecule has 166 valence electrons. The molecule has 1 N–H and O–H groups in total. The van der Waals surface area contributed by atoms with Crippen molar-refractivity contribution < 1.29 is 9.52 Å². The molecule has 1 saturated heterocycles. The first-order valence-corrected chi connectivity index (χ1v) is 11.3. The van der Waals surface area contributed by atoms with Crippen LogP contribution >= 0.6 is 0 Å². The molecule has 0 aliphatic carbocycles. The standard InChI is InChI=1S/C27H24N2O4/c30-24-10-9-19-12-21(18-5-2-1-3-6-18)27(32)33-26(19)22(24)16-28-13-17-11-20(15-28)23-7-4-8-25(31)29(23)14-17/h1-10,12,17,20,30H,11,13-16H2/t17-,20-/m0/s1. The van der Waals surface area contributed by atoms with Crippen LogP contribution in [0.25, 0.3) is 22.1 Å². The number of rotatable bonds is 3. The van der Waals surface area contributed by atoms with Crippen molar-refractivity contribution in [3.8, 4) is 16.9 Å². The highest BCUT2D eigenvalue weighted by atomic mass is 16.4.